The van der Waals surface area contributed by atoms with E-state index in [2.05, 4.69) is 16.4 Å². The molecular formula is C10H14N2O. The molecule has 0 aliphatic carbocycles. The van der Waals surface area contributed by atoms with Gasteiger partial charge in [-0.1, -0.05) is 0 Å². The first-order valence-electron chi connectivity index (χ1n) is 4.68. The Morgan fingerprint density at radius 2 is 2.31 bits per heavy atom. The van der Waals surface area contributed by atoms with Crippen LogP contribution in [0.4, 0.5) is 5.82 Å². The van der Waals surface area contributed by atoms with Crippen LogP contribution < -0.4 is 10.1 Å². The van der Waals surface area contributed by atoms with Gasteiger partial charge < -0.3 is 10.1 Å². The average Bonchev–Trinajstić information content (AvgIpc) is 2.41. The van der Waals surface area contributed by atoms with Gasteiger partial charge in [0.15, 0.2) is 0 Å². The quantitative estimate of drug-likeness (QED) is 0.712. The normalized spacial score (nSPS) is 15.5. The van der Waals surface area contributed by atoms with E-state index < -0.39 is 0 Å². The Morgan fingerprint density at radius 3 is 3.15 bits per heavy atom. The number of fused-ring (bicyclic) bond motifs is 1. The van der Waals surface area contributed by atoms with Crippen LogP contribution in [0.1, 0.15) is 18.4 Å². The van der Waals surface area contributed by atoms with Crippen LogP contribution in [-0.4, -0.2) is 18.6 Å². The third-order valence-corrected chi connectivity index (χ3v) is 2.33. The maximum Gasteiger partial charge on any atom is 0.214 e. The van der Waals surface area contributed by atoms with Crippen molar-refractivity contribution in [1.82, 2.24) is 4.98 Å². The van der Waals surface area contributed by atoms with Gasteiger partial charge in [-0.3, -0.25) is 0 Å². The van der Waals surface area contributed by atoms with E-state index >= 15 is 0 Å². The number of methoxy groups -OCH3 is 1. The molecule has 0 saturated heterocycles. The van der Waals surface area contributed by atoms with Crippen molar-refractivity contribution in [2.75, 3.05) is 19.0 Å². The highest BCUT2D eigenvalue weighted by Crippen LogP contribution is 2.21. The molecule has 1 aliphatic rings. The van der Waals surface area contributed by atoms with Crippen LogP contribution in [0.2, 0.25) is 0 Å². The summed E-state index contributed by atoms with van der Waals surface area (Å²) in [5, 5.41) is 3.31. The molecule has 0 saturated carbocycles. The van der Waals surface area contributed by atoms with E-state index in [1.165, 1.54) is 18.4 Å². The fourth-order valence-electron chi connectivity index (χ4n) is 1.59. The number of ether oxygens (including phenoxy) is 1. The minimum atomic E-state index is 0.688. The van der Waals surface area contributed by atoms with Crippen molar-refractivity contribution in [3.8, 4) is 5.88 Å². The maximum absolute atomic E-state index is 5.07. The van der Waals surface area contributed by atoms with Gasteiger partial charge in [0.05, 0.1) is 7.11 Å². The number of nitrogens with zero attached hydrogens (tertiary/aromatic N) is 1. The van der Waals surface area contributed by atoms with E-state index in [0.29, 0.717) is 5.88 Å². The molecular weight excluding hydrogens is 164 g/mol. The molecule has 1 N–H and O–H groups in total. The second-order valence-corrected chi connectivity index (χ2v) is 3.25. The molecule has 0 radical (unpaired) electrons. The summed E-state index contributed by atoms with van der Waals surface area (Å²) in [5.74, 6) is 1.69. The number of rotatable bonds is 1. The Labute approximate surface area is 78.1 Å². The van der Waals surface area contributed by atoms with Crippen molar-refractivity contribution in [2.45, 2.75) is 19.3 Å². The third kappa shape index (κ3) is 1.74. The number of anilines is 1. The molecule has 70 valence electrons. The smallest absolute Gasteiger partial charge is 0.214 e. The summed E-state index contributed by atoms with van der Waals surface area (Å²) in [7, 11) is 1.64. The van der Waals surface area contributed by atoms with Crippen LogP contribution in [0.15, 0.2) is 12.1 Å². The monoisotopic (exact) mass is 178 g/mol. The Hall–Kier alpha value is -1.25. The van der Waals surface area contributed by atoms with Crippen molar-refractivity contribution >= 4 is 5.82 Å². The van der Waals surface area contributed by atoms with Crippen LogP contribution in [0.25, 0.3) is 0 Å². The lowest BCUT2D eigenvalue weighted by molar-refractivity contribution is 0.398. The number of nitrogens with one attached hydrogen (secondary N) is 1. The molecule has 13 heavy (non-hydrogen) atoms. The van der Waals surface area contributed by atoms with Crippen LogP contribution >= 0.6 is 0 Å². The molecule has 1 aromatic heterocycles. The van der Waals surface area contributed by atoms with Crippen LogP contribution in [0.3, 0.4) is 0 Å². The third-order valence-electron chi connectivity index (χ3n) is 2.33. The molecule has 0 aromatic carbocycles. The Kier molecular flexibility index (Phi) is 2.34. The number of hydrogen-bond acceptors (Lipinski definition) is 3. The second-order valence-electron chi connectivity index (χ2n) is 3.25. The molecule has 2 rings (SSSR count). The van der Waals surface area contributed by atoms with Crippen molar-refractivity contribution in [1.29, 1.82) is 0 Å². The lowest BCUT2D eigenvalue weighted by Gasteiger charge is -2.07. The summed E-state index contributed by atoms with van der Waals surface area (Å²) in [4.78, 5) is 4.36. The molecule has 0 bridgehead atoms. The summed E-state index contributed by atoms with van der Waals surface area (Å²) in [6.45, 7) is 1.02. The summed E-state index contributed by atoms with van der Waals surface area (Å²) in [6, 6.07) is 4.02. The lowest BCUT2D eigenvalue weighted by Crippen LogP contribution is -2.02. The SMILES string of the molecule is COc1ccc2c(n1)NCCCC2. The molecule has 0 unspecified atom stereocenters. The van der Waals surface area contributed by atoms with Gasteiger partial charge in [0, 0.05) is 12.6 Å². The predicted octanol–water partition coefficient (Wildman–Crippen LogP) is 1.84. The van der Waals surface area contributed by atoms with E-state index in [9.17, 15) is 0 Å². The van der Waals surface area contributed by atoms with Gasteiger partial charge in [0.1, 0.15) is 5.82 Å². The molecule has 1 aliphatic heterocycles. The minimum absolute atomic E-state index is 0.688. The van der Waals surface area contributed by atoms with Gasteiger partial charge in [0.25, 0.3) is 0 Å². The Balaban J connectivity index is 2.32. The lowest BCUT2D eigenvalue weighted by atomic mass is 10.1. The summed E-state index contributed by atoms with van der Waals surface area (Å²) in [5.41, 5.74) is 1.30. The fourth-order valence-corrected chi connectivity index (χ4v) is 1.59. The van der Waals surface area contributed by atoms with E-state index in [-0.39, 0.29) is 0 Å². The van der Waals surface area contributed by atoms with Crippen LogP contribution in [0, 0.1) is 0 Å². The predicted molar refractivity (Wildman–Crippen MR) is 52.2 cm³/mol. The van der Waals surface area contributed by atoms with Gasteiger partial charge >= 0.3 is 0 Å². The Bertz CT molecular complexity index is 299. The number of aryl methyl sites for hydroxylation is 1. The maximum atomic E-state index is 5.07. The molecule has 2 heterocycles. The van der Waals surface area contributed by atoms with Crippen LogP contribution in [-0.2, 0) is 6.42 Å². The zero-order valence-electron chi connectivity index (χ0n) is 7.84. The van der Waals surface area contributed by atoms with Gasteiger partial charge in [-0.05, 0) is 30.9 Å². The summed E-state index contributed by atoms with van der Waals surface area (Å²) in [6.07, 6.45) is 3.59. The first-order valence-corrected chi connectivity index (χ1v) is 4.68. The highest BCUT2D eigenvalue weighted by atomic mass is 16.5. The highest BCUT2D eigenvalue weighted by molar-refractivity contribution is 5.47. The molecule has 3 heteroatoms. The van der Waals surface area contributed by atoms with Gasteiger partial charge in [0.2, 0.25) is 5.88 Å². The van der Waals surface area contributed by atoms with E-state index in [1.807, 2.05) is 6.07 Å². The molecule has 3 nitrogen and oxygen atoms in total. The largest absolute Gasteiger partial charge is 0.481 e. The van der Waals surface area contributed by atoms with Crippen molar-refractivity contribution in [3.05, 3.63) is 17.7 Å². The second kappa shape index (κ2) is 3.64. The van der Waals surface area contributed by atoms with E-state index in [0.717, 1.165) is 18.8 Å². The fraction of sp³-hybridized carbons (Fsp3) is 0.500. The minimum Gasteiger partial charge on any atom is -0.481 e. The molecule has 0 fully saturated rings. The van der Waals surface area contributed by atoms with E-state index in [1.54, 1.807) is 7.11 Å². The van der Waals surface area contributed by atoms with Gasteiger partial charge in [-0.2, -0.15) is 4.98 Å². The van der Waals surface area contributed by atoms with Crippen molar-refractivity contribution in [2.24, 2.45) is 0 Å². The molecule has 0 spiro atoms. The molecule has 0 atom stereocenters. The van der Waals surface area contributed by atoms with Gasteiger partial charge in [-0.15, -0.1) is 0 Å². The van der Waals surface area contributed by atoms with Crippen molar-refractivity contribution < 1.29 is 4.74 Å². The summed E-state index contributed by atoms with van der Waals surface area (Å²) < 4.78 is 5.07. The van der Waals surface area contributed by atoms with Crippen molar-refractivity contribution in [3.63, 3.8) is 0 Å². The standard InChI is InChI=1S/C10H14N2O/c1-13-9-6-5-8-4-2-3-7-11-10(8)12-9/h5-6H,2-4,7H2,1H3,(H,11,12). The number of pyridine rings is 1. The summed E-state index contributed by atoms with van der Waals surface area (Å²) >= 11 is 0. The number of hydrogen-bond donors (Lipinski definition) is 1. The average molecular weight is 178 g/mol. The van der Waals surface area contributed by atoms with Gasteiger partial charge in [-0.25, -0.2) is 0 Å². The molecule has 0 amide bonds. The molecule has 1 aromatic rings. The first-order chi connectivity index (χ1) is 6.40. The number of aromatic nitrogens is 1. The zero-order valence-corrected chi connectivity index (χ0v) is 7.84. The zero-order chi connectivity index (χ0) is 9.10. The highest BCUT2D eigenvalue weighted by Gasteiger charge is 2.08. The Morgan fingerprint density at radius 1 is 1.38 bits per heavy atom. The topological polar surface area (TPSA) is 34.1 Å². The first kappa shape index (κ1) is 8.35. The van der Waals surface area contributed by atoms with Crippen LogP contribution in [0.5, 0.6) is 5.88 Å². The van der Waals surface area contributed by atoms with E-state index in [4.69, 9.17) is 4.74 Å².